The van der Waals surface area contributed by atoms with Gasteiger partial charge in [-0.25, -0.2) is 0 Å². The Morgan fingerprint density at radius 3 is 2.61 bits per heavy atom. The van der Waals surface area contributed by atoms with Gasteiger partial charge >= 0.3 is 0 Å². The molecule has 1 heterocycles. The Bertz CT molecular complexity index is 552. The molecular formula is C15H18N2O. The highest BCUT2D eigenvalue weighted by molar-refractivity contribution is 5.42. The molecule has 94 valence electrons. The van der Waals surface area contributed by atoms with Gasteiger partial charge in [-0.1, -0.05) is 23.8 Å². The molecular weight excluding hydrogens is 224 g/mol. The zero-order valence-electron chi connectivity index (χ0n) is 11.0. The number of methoxy groups -OCH3 is 1. The number of aromatic nitrogens is 1. The van der Waals surface area contributed by atoms with Crippen LogP contribution in [0.5, 0.6) is 5.75 Å². The summed E-state index contributed by atoms with van der Waals surface area (Å²) in [7, 11) is 1.66. The summed E-state index contributed by atoms with van der Waals surface area (Å²) >= 11 is 0. The summed E-state index contributed by atoms with van der Waals surface area (Å²) in [5, 5.41) is 0. The highest BCUT2D eigenvalue weighted by atomic mass is 16.5. The maximum Gasteiger partial charge on any atom is 0.124 e. The highest BCUT2D eigenvalue weighted by Crippen LogP contribution is 2.28. The van der Waals surface area contributed by atoms with E-state index in [0.717, 1.165) is 28.3 Å². The zero-order valence-corrected chi connectivity index (χ0v) is 11.0. The topological polar surface area (TPSA) is 48.1 Å². The molecule has 1 aromatic heterocycles. The predicted octanol–water partition coefficient (Wildman–Crippen LogP) is 2.76. The van der Waals surface area contributed by atoms with Crippen molar-refractivity contribution in [3.63, 3.8) is 0 Å². The van der Waals surface area contributed by atoms with E-state index in [4.69, 9.17) is 10.5 Å². The Balaban J connectivity index is 2.44. The van der Waals surface area contributed by atoms with Crippen LogP contribution in [0, 0.1) is 13.8 Å². The smallest absolute Gasteiger partial charge is 0.124 e. The monoisotopic (exact) mass is 242 g/mol. The van der Waals surface area contributed by atoms with Crippen LogP contribution >= 0.6 is 0 Å². The van der Waals surface area contributed by atoms with E-state index in [9.17, 15) is 0 Å². The van der Waals surface area contributed by atoms with E-state index in [0.29, 0.717) is 0 Å². The van der Waals surface area contributed by atoms with Crippen LogP contribution in [0.25, 0.3) is 0 Å². The number of benzene rings is 1. The van der Waals surface area contributed by atoms with Crippen molar-refractivity contribution in [3.8, 4) is 5.75 Å². The standard InChI is InChI=1S/C15H18N2O/c1-10-7-8-14(18-3)12(9-10)15(16)13-6-4-5-11(2)17-13/h4-9,15H,16H2,1-3H3. The fraction of sp³-hybridized carbons (Fsp3) is 0.267. The molecule has 2 N–H and O–H groups in total. The second-order valence-electron chi connectivity index (χ2n) is 4.43. The molecule has 0 aliphatic carbocycles. The molecule has 0 aliphatic heterocycles. The number of rotatable bonds is 3. The lowest BCUT2D eigenvalue weighted by Crippen LogP contribution is -2.15. The third-order valence-electron chi connectivity index (χ3n) is 2.95. The van der Waals surface area contributed by atoms with Crippen LogP contribution in [0.15, 0.2) is 36.4 Å². The van der Waals surface area contributed by atoms with Gasteiger partial charge in [-0.3, -0.25) is 4.98 Å². The minimum atomic E-state index is -0.264. The lowest BCUT2D eigenvalue weighted by molar-refractivity contribution is 0.407. The average molecular weight is 242 g/mol. The van der Waals surface area contributed by atoms with Crippen molar-refractivity contribution >= 4 is 0 Å². The van der Waals surface area contributed by atoms with E-state index in [1.807, 2.05) is 50.2 Å². The molecule has 18 heavy (non-hydrogen) atoms. The van der Waals surface area contributed by atoms with E-state index < -0.39 is 0 Å². The van der Waals surface area contributed by atoms with E-state index in [1.54, 1.807) is 7.11 Å². The van der Waals surface area contributed by atoms with E-state index >= 15 is 0 Å². The molecule has 2 rings (SSSR count). The number of hydrogen-bond acceptors (Lipinski definition) is 3. The average Bonchev–Trinajstić information content (AvgIpc) is 2.38. The number of ether oxygens (including phenoxy) is 1. The molecule has 0 spiro atoms. The van der Waals surface area contributed by atoms with Crippen molar-refractivity contribution in [2.75, 3.05) is 7.11 Å². The highest BCUT2D eigenvalue weighted by Gasteiger charge is 2.15. The van der Waals surface area contributed by atoms with Gasteiger partial charge in [0.2, 0.25) is 0 Å². The summed E-state index contributed by atoms with van der Waals surface area (Å²) in [4.78, 5) is 4.47. The maximum atomic E-state index is 6.29. The van der Waals surface area contributed by atoms with Gasteiger partial charge in [0.05, 0.1) is 18.8 Å². The van der Waals surface area contributed by atoms with Gasteiger partial charge in [0.25, 0.3) is 0 Å². The van der Waals surface area contributed by atoms with Crippen molar-refractivity contribution in [1.82, 2.24) is 4.98 Å². The van der Waals surface area contributed by atoms with E-state index in [2.05, 4.69) is 4.98 Å². The van der Waals surface area contributed by atoms with Crippen LogP contribution in [0.2, 0.25) is 0 Å². The van der Waals surface area contributed by atoms with Crippen LogP contribution in [0.4, 0.5) is 0 Å². The third kappa shape index (κ3) is 2.51. The van der Waals surface area contributed by atoms with Crippen molar-refractivity contribution in [3.05, 3.63) is 58.9 Å². The summed E-state index contributed by atoms with van der Waals surface area (Å²) in [5.74, 6) is 0.802. The first-order chi connectivity index (χ1) is 8.61. The molecule has 0 bridgehead atoms. The van der Waals surface area contributed by atoms with Gasteiger partial charge in [0, 0.05) is 11.3 Å². The Morgan fingerprint density at radius 2 is 1.94 bits per heavy atom. The number of nitrogens with two attached hydrogens (primary N) is 1. The van der Waals surface area contributed by atoms with Crippen molar-refractivity contribution in [1.29, 1.82) is 0 Å². The molecule has 0 amide bonds. The summed E-state index contributed by atoms with van der Waals surface area (Å²) in [5.41, 5.74) is 10.2. The SMILES string of the molecule is COc1ccc(C)cc1C(N)c1cccc(C)n1. The lowest BCUT2D eigenvalue weighted by Gasteiger charge is -2.16. The predicted molar refractivity (Wildman–Crippen MR) is 72.7 cm³/mol. The van der Waals surface area contributed by atoms with Crippen molar-refractivity contribution in [2.24, 2.45) is 5.73 Å². The van der Waals surface area contributed by atoms with Crippen LogP contribution in [0.1, 0.15) is 28.6 Å². The number of hydrogen-bond donors (Lipinski definition) is 1. The minimum absolute atomic E-state index is 0.264. The lowest BCUT2D eigenvalue weighted by atomic mass is 10.0. The van der Waals surface area contributed by atoms with Crippen LogP contribution < -0.4 is 10.5 Å². The Morgan fingerprint density at radius 1 is 1.17 bits per heavy atom. The quantitative estimate of drug-likeness (QED) is 0.900. The summed E-state index contributed by atoms with van der Waals surface area (Å²) < 4.78 is 5.37. The molecule has 3 heteroatoms. The largest absolute Gasteiger partial charge is 0.496 e. The minimum Gasteiger partial charge on any atom is -0.496 e. The van der Waals surface area contributed by atoms with Crippen LogP contribution in [-0.4, -0.2) is 12.1 Å². The van der Waals surface area contributed by atoms with Gasteiger partial charge < -0.3 is 10.5 Å². The van der Waals surface area contributed by atoms with Gasteiger partial charge in [0.15, 0.2) is 0 Å². The normalized spacial score (nSPS) is 12.2. The number of pyridine rings is 1. The second-order valence-corrected chi connectivity index (χ2v) is 4.43. The molecule has 1 aromatic carbocycles. The third-order valence-corrected chi connectivity index (χ3v) is 2.95. The van der Waals surface area contributed by atoms with Crippen LogP contribution in [-0.2, 0) is 0 Å². The number of nitrogens with zero attached hydrogens (tertiary/aromatic N) is 1. The molecule has 2 aromatic rings. The van der Waals surface area contributed by atoms with Crippen molar-refractivity contribution in [2.45, 2.75) is 19.9 Å². The number of aryl methyl sites for hydroxylation is 2. The van der Waals surface area contributed by atoms with Gasteiger partial charge in [-0.05, 0) is 32.0 Å². The summed E-state index contributed by atoms with van der Waals surface area (Å²) in [6, 6.07) is 11.6. The van der Waals surface area contributed by atoms with E-state index in [1.165, 1.54) is 0 Å². The molecule has 0 saturated carbocycles. The molecule has 0 aliphatic rings. The molecule has 1 atom stereocenters. The molecule has 3 nitrogen and oxygen atoms in total. The maximum absolute atomic E-state index is 6.29. The fourth-order valence-electron chi connectivity index (χ4n) is 1.99. The molecule has 1 unspecified atom stereocenters. The second kappa shape index (κ2) is 5.19. The molecule has 0 fully saturated rings. The summed E-state index contributed by atoms with van der Waals surface area (Å²) in [6.07, 6.45) is 0. The molecule has 0 saturated heterocycles. The first-order valence-corrected chi connectivity index (χ1v) is 5.95. The first kappa shape index (κ1) is 12.6. The van der Waals surface area contributed by atoms with Gasteiger partial charge in [-0.15, -0.1) is 0 Å². The van der Waals surface area contributed by atoms with Crippen molar-refractivity contribution < 1.29 is 4.74 Å². The van der Waals surface area contributed by atoms with Gasteiger partial charge in [-0.2, -0.15) is 0 Å². The Labute approximate surface area is 108 Å². The summed E-state index contributed by atoms with van der Waals surface area (Å²) in [6.45, 7) is 4.00. The van der Waals surface area contributed by atoms with Gasteiger partial charge in [0.1, 0.15) is 5.75 Å². The van der Waals surface area contributed by atoms with Crippen LogP contribution in [0.3, 0.4) is 0 Å². The zero-order chi connectivity index (χ0) is 13.1. The Kier molecular flexibility index (Phi) is 3.63. The fourth-order valence-corrected chi connectivity index (χ4v) is 1.99. The van der Waals surface area contributed by atoms with E-state index in [-0.39, 0.29) is 6.04 Å². The molecule has 0 radical (unpaired) electrons. The Hall–Kier alpha value is -1.87. The first-order valence-electron chi connectivity index (χ1n) is 5.95.